The molecule has 2 aliphatic rings. The summed E-state index contributed by atoms with van der Waals surface area (Å²) in [6.45, 7) is 2.02. The third-order valence-corrected chi connectivity index (χ3v) is 4.18. The molecule has 0 aromatic heterocycles. The first-order valence-electron chi connectivity index (χ1n) is 7.38. The molecule has 4 N–H and O–H groups in total. The fourth-order valence-corrected chi connectivity index (χ4v) is 2.81. The van der Waals surface area contributed by atoms with Crippen LogP contribution in [-0.4, -0.2) is 40.1 Å². The average Bonchev–Trinajstić information content (AvgIpc) is 2.67. The smallest absolute Gasteiger partial charge is 0.305 e. The highest BCUT2D eigenvalue weighted by atomic mass is 16.6. The van der Waals surface area contributed by atoms with Crippen LogP contribution in [0.2, 0.25) is 0 Å². The maximum absolute atomic E-state index is 10.4. The van der Waals surface area contributed by atoms with Crippen molar-refractivity contribution in [2.24, 2.45) is 11.8 Å². The molecule has 4 atom stereocenters. The van der Waals surface area contributed by atoms with Crippen LogP contribution in [0.3, 0.4) is 0 Å². The van der Waals surface area contributed by atoms with Crippen molar-refractivity contribution < 1.29 is 25.0 Å². The number of carboxylic acids is 1. The Hall–Kier alpha value is -1.37. The molecule has 0 saturated heterocycles. The van der Waals surface area contributed by atoms with E-state index in [2.05, 4.69) is 5.48 Å². The van der Waals surface area contributed by atoms with E-state index in [1.807, 2.05) is 13.0 Å². The highest BCUT2D eigenvalue weighted by Crippen LogP contribution is 2.48. The minimum atomic E-state index is -0.892. The summed E-state index contributed by atoms with van der Waals surface area (Å²) in [6, 6.07) is 0. The Labute approximate surface area is 124 Å². The van der Waals surface area contributed by atoms with E-state index in [0.717, 1.165) is 24.1 Å². The van der Waals surface area contributed by atoms with Crippen molar-refractivity contribution in [2.75, 3.05) is 6.61 Å². The standard InChI is InChI=1S/C15H23NO5/c1-2-10(17)4-3-9-7-11-12(15(9)20)8-13(11)16-21-6-5-14(18)19/h3-4,9-10,12,15-17,20H,2,5-8H2,1H3,(H,18,19)/t9?,10?,12-,15?/m1/s1. The number of carboxylic acid groups (broad SMARTS) is 1. The van der Waals surface area contributed by atoms with Crippen LogP contribution in [0.25, 0.3) is 0 Å². The second kappa shape index (κ2) is 7.06. The van der Waals surface area contributed by atoms with E-state index in [4.69, 9.17) is 9.94 Å². The van der Waals surface area contributed by atoms with Gasteiger partial charge in [0.15, 0.2) is 0 Å². The summed E-state index contributed by atoms with van der Waals surface area (Å²) in [5.41, 5.74) is 4.90. The van der Waals surface area contributed by atoms with Gasteiger partial charge in [0.25, 0.3) is 0 Å². The molecule has 21 heavy (non-hydrogen) atoms. The third-order valence-electron chi connectivity index (χ3n) is 4.18. The molecule has 0 aliphatic heterocycles. The molecule has 0 aromatic rings. The second-order valence-electron chi connectivity index (χ2n) is 5.63. The maximum atomic E-state index is 10.4. The van der Waals surface area contributed by atoms with Gasteiger partial charge in [-0.3, -0.25) is 15.1 Å². The van der Waals surface area contributed by atoms with Gasteiger partial charge in [0.05, 0.1) is 25.2 Å². The maximum Gasteiger partial charge on any atom is 0.305 e. The summed E-state index contributed by atoms with van der Waals surface area (Å²) in [5, 5.41) is 28.3. The largest absolute Gasteiger partial charge is 0.481 e. The van der Waals surface area contributed by atoms with Crippen molar-refractivity contribution in [2.45, 2.75) is 44.8 Å². The first kappa shape index (κ1) is 16.0. The molecule has 6 nitrogen and oxygen atoms in total. The molecule has 0 bridgehead atoms. The van der Waals surface area contributed by atoms with E-state index in [-0.39, 0.29) is 24.9 Å². The van der Waals surface area contributed by atoms with Crippen molar-refractivity contribution in [1.82, 2.24) is 5.48 Å². The molecule has 0 radical (unpaired) electrons. The lowest BCUT2D eigenvalue weighted by Gasteiger charge is -2.30. The lowest BCUT2D eigenvalue weighted by atomic mass is 9.83. The molecule has 0 spiro atoms. The van der Waals surface area contributed by atoms with Gasteiger partial charge >= 0.3 is 5.97 Å². The summed E-state index contributed by atoms with van der Waals surface area (Å²) < 4.78 is 0. The number of nitrogens with one attached hydrogen (secondary N) is 1. The van der Waals surface area contributed by atoms with Crippen LogP contribution < -0.4 is 5.48 Å². The SMILES string of the molecule is CCC(O)C=CC1CC2=C(NOCCC(=O)O)C[C@H]2C1O. The molecule has 0 heterocycles. The van der Waals surface area contributed by atoms with Crippen molar-refractivity contribution in [1.29, 1.82) is 0 Å². The normalized spacial score (nSPS) is 29.4. The van der Waals surface area contributed by atoms with Crippen LogP contribution in [0.1, 0.15) is 32.6 Å². The summed E-state index contributed by atoms with van der Waals surface area (Å²) in [7, 11) is 0. The number of allylic oxidation sites excluding steroid dienone is 1. The predicted molar refractivity (Wildman–Crippen MR) is 76.0 cm³/mol. The van der Waals surface area contributed by atoms with E-state index >= 15 is 0 Å². The summed E-state index contributed by atoms with van der Waals surface area (Å²) >= 11 is 0. The van der Waals surface area contributed by atoms with Gasteiger partial charge in [0.2, 0.25) is 0 Å². The molecule has 2 rings (SSSR count). The van der Waals surface area contributed by atoms with Crippen LogP contribution in [-0.2, 0) is 9.63 Å². The zero-order chi connectivity index (χ0) is 15.4. The molecule has 2 aliphatic carbocycles. The Balaban J connectivity index is 1.83. The van der Waals surface area contributed by atoms with Crippen LogP contribution in [0.15, 0.2) is 23.4 Å². The van der Waals surface area contributed by atoms with Crippen LogP contribution in [0.5, 0.6) is 0 Å². The number of carbonyl (C=O) groups is 1. The topological polar surface area (TPSA) is 99.0 Å². The van der Waals surface area contributed by atoms with Gasteiger partial charge in [-0.1, -0.05) is 19.1 Å². The van der Waals surface area contributed by atoms with E-state index in [9.17, 15) is 15.0 Å². The first-order chi connectivity index (χ1) is 10.0. The Morgan fingerprint density at radius 1 is 1.52 bits per heavy atom. The van der Waals surface area contributed by atoms with E-state index < -0.39 is 18.2 Å². The number of rotatable bonds is 8. The summed E-state index contributed by atoms with van der Waals surface area (Å²) in [6.07, 6.45) is 4.87. The zero-order valence-electron chi connectivity index (χ0n) is 12.2. The van der Waals surface area contributed by atoms with Crippen LogP contribution in [0, 0.1) is 11.8 Å². The highest BCUT2D eigenvalue weighted by Gasteiger charge is 2.44. The van der Waals surface area contributed by atoms with Gasteiger partial charge in [0.1, 0.15) is 0 Å². The Kier molecular flexibility index (Phi) is 5.39. The quantitative estimate of drug-likeness (QED) is 0.303. The highest BCUT2D eigenvalue weighted by molar-refractivity contribution is 5.66. The van der Waals surface area contributed by atoms with Gasteiger partial charge in [-0.2, -0.15) is 0 Å². The number of hydrogen-bond acceptors (Lipinski definition) is 5. The van der Waals surface area contributed by atoms with Crippen molar-refractivity contribution >= 4 is 5.97 Å². The van der Waals surface area contributed by atoms with Gasteiger partial charge in [-0.25, -0.2) is 0 Å². The van der Waals surface area contributed by atoms with Crippen molar-refractivity contribution in [3.8, 4) is 0 Å². The number of hydrogen-bond donors (Lipinski definition) is 4. The lowest BCUT2D eigenvalue weighted by Crippen LogP contribution is -2.32. The number of hydroxylamine groups is 1. The van der Waals surface area contributed by atoms with Crippen molar-refractivity contribution in [3.63, 3.8) is 0 Å². The monoisotopic (exact) mass is 297 g/mol. The minimum absolute atomic E-state index is 0.0320. The molecule has 3 unspecified atom stereocenters. The van der Waals surface area contributed by atoms with Gasteiger partial charge in [-0.05, 0) is 24.8 Å². The van der Waals surface area contributed by atoms with Gasteiger partial charge in [-0.15, -0.1) is 0 Å². The Bertz CT molecular complexity index is 445. The number of aliphatic carboxylic acids is 1. The van der Waals surface area contributed by atoms with E-state index in [1.165, 1.54) is 0 Å². The first-order valence-corrected chi connectivity index (χ1v) is 7.38. The number of aliphatic hydroxyl groups excluding tert-OH is 2. The summed E-state index contributed by atoms with van der Waals surface area (Å²) in [5.74, 6) is -0.703. The lowest BCUT2D eigenvalue weighted by molar-refractivity contribution is -0.138. The number of aliphatic hydroxyl groups is 2. The molecule has 118 valence electrons. The fourth-order valence-electron chi connectivity index (χ4n) is 2.81. The fraction of sp³-hybridized carbons (Fsp3) is 0.667. The zero-order valence-corrected chi connectivity index (χ0v) is 12.2. The molecule has 6 heteroatoms. The van der Waals surface area contributed by atoms with Gasteiger partial charge < -0.3 is 15.3 Å². The molecular formula is C15H23NO5. The van der Waals surface area contributed by atoms with Crippen LogP contribution >= 0.6 is 0 Å². The molecular weight excluding hydrogens is 274 g/mol. The van der Waals surface area contributed by atoms with E-state index in [1.54, 1.807) is 6.08 Å². The molecule has 1 saturated carbocycles. The Morgan fingerprint density at radius 3 is 2.95 bits per heavy atom. The minimum Gasteiger partial charge on any atom is -0.481 e. The molecule has 0 amide bonds. The molecule has 1 fully saturated rings. The number of fused-ring (bicyclic) bond motifs is 1. The second-order valence-corrected chi connectivity index (χ2v) is 5.63. The van der Waals surface area contributed by atoms with Crippen LogP contribution in [0.4, 0.5) is 0 Å². The van der Waals surface area contributed by atoms with Gasteiger partial charge in [0, 0.05) is 17.5 Å². The molecule has 0 aromatic carbocycles. The Morgan fingerprint density at radius 2 is 2.29 bits per heavy atom. The van der Waals surface area contributed by atoms with Crippen molar-refractivity contribution in [3.05, 3.63) is 23.4 Å². The summed E-state index contributed by atoms with van der Waals surface area (Å²) in [4.78, 5) is 15.5. The predicted octanol–water partition coefficient (Wildman–Crippen LogP) is 0.964. The van der Waals surface area contributed by atoms with E-state index in [0.29, 0.717) is 6.42 Å². The third kappa shape index (κ3) is 3.84. The average molecular weight is 297 g/mol.